The van der Waals surface area contributed by atoms with Gasteiger partial charge in [0.2, 0.25) is 0 Å². The van der Waals surface area contributed by atoms with Crippen LogP contribution in [0.2, 0.25) is 0 Å². The Morgan fingerprint density at radius 1 is 0.714 bits per heavy atom. The van der Waals surface area contributed by atoms with Crippen molar-refractivity contribution in [1.82, 2.24) is 0 Å². The predicted molar refractivity (Wildman–Crippen MR) is 91.1 cm³/mol. The maximum atomic E-state index is 6.01. The quantitative estimate of drug-likeness (QED) is 0.400. The maximum absolute atomic E-state index is 6.01. The van der Waals surface area contributed by atoms with E-state index in [1.807, 2.05) is 0 Å². The molecule has 0 atom stereocenters. The van der Waals surface area contributed by atoms with E-state index in [1.54, 1.807) is 0 Å². The van der Waals surface area contributed by atoms with Crippen molar-refractivity contribution in [2.24, 2.45) is 0 Å². The van der Waals surface area contributed by atoms with E-state index in [0.29, 0.717) is 0 Å². The van der Waals surface area contributed by atoms with Crippen LogP contribution in [0.4, 0.5) is 0 Å². The van der Waals surface area contributed by atoms with Crippen molar-refractivity contribution in [3.63, 3.8) is 0 Å². The van der Waals surface area contributed by atoms with E-state index in [0.717, 1.165) is 18.8 Å². The summed E-state index contributed by atoms with van der Waals surface area (Å²) in [6.45, 7) is 3.04. The minimum absolute atomic E-state index is 0.811. The molecule has 1 nitrogen and oxygen atoms in total. The van der Waals surface area contributed by atoms with Gasteiger partial charge in [-0.2, -0.15) is 0 Å². The molecule has 3 aromatic rings. The average Bonchev–Trinajstić information content (AvgIpc) is 2.54. The number of benzene rings is 3. The summed E-state index contributed by atoms with van der Waals surface area (Å²) in [5.74, 6) is 1.01. The zero-order valence-corrected chi connectivity index (χ0v) is 12.6. The van der Waals surface area contributed by atoms with Gasteiger partial charge in [0.25, 0.3) is 0 Å². The van der Waals surface area contributed by atoms with Crippen LogP contribution in [-0.2, 0) is 0 Å². The van der Waals surface area contributed by atoms with Gasteiger partial charge < -0.3 is 4.74 Å². The summed E-state index contributed by atoms with van der Waals surface area (Å²) in [6.07, 6.45) is 4.95. The Morgan fingerprint density at radius 3 is 2.48 bits per heavy atom. The average molecular weight is 278 g/mol. The summed E-state index contributed by atoms with van der Waals surface area (Å²) < 4.78 is 6.01. The maximum Gasteiger partial charge on any atom is 0.127 e. The first-order valence-corrected chi connectivity index (χ1v) is 7.93. The SMILES string of the molecule is CCCCCCOc1cccc2c1ccc1ccccc12. The second-order valence-electron chi connectivity index (χ2n) is 5.55. The van der Waals surface area contributed by atoms with Crippen LogP contribution in [-0.4, -0.2) is 6.61 Å². The van der Waals surface area contributed by atoms with Gasteiger partial charge in [0, 0.05) is 5.39 Å². The first-order valence-electron chi connectivity index (χ1n) is 7.93. The molecule has 0 N–H and O–H groups in total. The van der Waals surface area contributed by atoms with Crippen molar-refractivity contribution >= 4 is 21.5 Å². The van der Waals surface area contributed by atoms with Crippen LogP contribution in [0, 0.1) is 0 Å². The lowest BCUT2D eigenvalue weighted by Crippen LogP contribution is -1.97. The predicted octanol–water partition coefficient (Wildman–Crippen LogP) is 5.95. The van der Waals surface area contributed by atoms with Crippen LogP contribution in [0.3, 0.4) is 0 Å². The topological polar surface area (TPSA) is 9.23 Å². The molecule has 0 aliphatic heterocycles. The van der Waals surface area contributed by atoms with Crippen molar-refractivity contribution in [2.75, 3.05) is 6.61 Å². The molecule has 3 aromatic carbocycles. The smallest absolute Gasteiger partial charge is 0.127 e. The van der Waals surface area contributed by atoms with Crippen molar-refractivity contribution in [1.29, 1.82) is 0 Å². The highest BCUT2D eigenvalue weighted by Crippen LogP contribution is 2.31. The largest absolute Gasteiger partial charge is 0.493 e. The number of unbranched alkanes of at least 4 members (excludes halogenated alkanes) is 3. The molecule has 1 heteroatoms. The Morgan fingerprint density at radius 2 is 1.57 bits per heavy atom. The van der Waals surface area contributed by atoms with E-state index < -0.39 is 0 Å². The first kappa shape index (κ1) is 13.9. The lowest BCUT2D eigenvalue weighted by Gasteiger charge is -2.11. The molecule has 21 heavy (non-hydrogen) atoms. The van der Waals surface area contributed by atoms with Gasteiger partial charge in [-0.25, -0.2) is 0 Å². The molecule has 108 valence electrons. The van der Waals surface area contributed by atoms with Gasteiger partial charge in [0.15, 0.2) is 0 Å². The molecule has 0 amide bonds. The van der Waals surface area contributed by atoms with Gasteiger partial charge in [0.1, 0.15) is 5.75 Å². The van der Waals surface area contributed by atoms with Crippen molar-refractivity contribution < 1.29 is 4.74 Å². The number of hydrogen-bond acceptors (Lipinski definition) is 1. The van der Waals surface area contributed by atoms with Crippen molar-refractivity contribution in [3.05, 3.63) is 54.6 Å². The summed E-state index contributed by atoms with van der Waals surface area (Å²) in [5.41, 5.74) is 0. The highest BCUT2D eigenvalue weighted by Gasteiger charge is 2.05. The molecule has 0 saturated heterocycles. The Balaban J connectivity index is 1.88. The van der Waals surface area contributed by atoms with Crippen LogP contribution < -0.4 is 4.74 Å². The summed E-state index contributed by atoms with van der Waals surface area (Å²) in [6, 6.07) is 19.2. The van der Waals surface area contributed by atoms with E-state index >= 15 is 0 Å². The third-order valence-corrected chi connectivity index (χ3v) is 4.00. The van der Waals surface area contributed by atoms with Crippen LogP contribution in [0.5, 0.6) is 5.75 Å². The second-order valence-corrected chi connectivity index (χ2v) is 5.55. The molecule has 0 radical (unpaired) electrons. The molecule has 0 heterocycles. The highest BCUT2D eigenvalue weighted by atomic mass is 16.5. The lowest BCUT2D eigenvalue weighted by molar-refractivity contribution is 0.308. The third kappa shape index (κ3) is 3.02. The molecule has 0 fully saturated rings. The van der Waals surface area contributed by atoms with Crippen molar-refractivity contribution in [3.8, 4) is 5.75 Å². The monoisotopic (exact) mass is 278 g/mol. The Labute approximate surface area is 126 Å². The second kappa shape index (κ2) is 6.62. The van der Waals surface area contributed by atoms with E-state index in [1.165, 1.54) is 40.8 Å². The molecular weight excluding hydrogens is 256 g/mol. The minimum atomic E-state index is 0.811. The minimum Gasteiger partial charge on any atom is -0.493 e. The van der Waals surface area contributed by atoms with Crippen LogP contribution in [0.1, 0.15) is 32.6 Å². The zero-order chi connectivity index (χ0) is 14.5. The normalized spacial score (nSPS) is 11.1. The fourth-order valence-electron chi connectivity index (χ4n) is 2.85. The van der Waals surface area contributed by atoms with E-state index in [4.69, 9.17) is 4.74 Å². The Hall–Kier alpha value is -2.02. The molecule has 3 rings (SSSR count). The molecule has 0 bridgehead atoms. The number of fused-ring (bicyclic) bond motifs is 3. The molecule has 0 saturated carbocycles. The molecule has 0 aromatic heterocycles. The fourth-order valence-corrected chi connectivity index (χ4v) is 2.85. The van der Waals surface area contributed by atoms with Gasteiger partial charge in [0.05, 0.1) is 6.61 Å². The van der Waals surface area contributed by atoms with Gasteiger partial charge in [-0.05, 0) is 28.6 Å². The lowest BCUT2D eigenvalue weighted by atomic mass is 10.0. The Bertz CT molecular complexity index is 730. The standard InChI is InChI=1S/C20H22O/c1-2-3-4-7-15-21-20-12-8-11-18-17-10-6-5-9-16(17)13-14-19(18)20/h5-6,8-14H,2-4,7,15H2,1H3. The van der Waals surface area contributed by atoms with Crippen LogP contribution in [0.25, 0.3) is 21.5 Å². The van der Waals surface area contributed by atoms with Gasteiger partial charge in [-0.3, -0.25) is 0 Å². The zero-order valence-electron chi connectivity index (χ0n) is 12.6. The summed E-state index contributed by atoms with van der Waals surface area (Å²) >= 11 is 0. The molecule has 0 spiro atoms. The molecule has 0 aliphatic carbocycles. The van der Waals surface area contributed by atoms with E-state index in [-0.39, 0.29) is 0 Å². The van der Waals surface area contributed by atoms with Crippen molar-refractivity contribution in [2.45, 2.75) is 32.6 Å². The molecule has 0 aliphatic rings. The van der Waals surface area contributed by atoms with E-state index in [9.17, 15) is 0 Å². The number of hydrogen-bond donors (Lipinski definition) is 0. The van der Waals surface area contributed by atoms with Crippen LogP contribution in [0.15, 0.2) is 54.6 Å². The first-order chi connectivity index (χ1) is 10.4. The van der Waals surface area contributed by atoms with E-state index in [2.05, 4.69) is 61.5 Å². The van der Waals surface area contributed by atoms with Crippen LogP contribution >= 0.6 is 0 Å². The summed E-state index contributed by atoms with van der Waals surface area (Å²) in [5, 5.41) is 5.07. The summed E-state index contributed by atoms with van der Waals surface area (Å²) in [4.78, 5) is 0. The van der Waals surface area contributed by atoms with Gasteiger partial charge in [-0.15, -0.1) is 0 Å². The molecular formula is C20H22O. The number of rotatable bonds is 6. The highest BCUT2D eigenvalue weighted by molar-refractivity contribution is 6.09. The van der Waals surface area contributed by atoms with Gasteiger partial charge in [-0.1, -0.05) is 74.7 Å². The fraction of sp³-hybridized carbons (Fsp3) is 0.300. The van der Waals surface area contributed by atoms with Gasteiger partial charge >= 0.3 is 0 Å². The number of ether oxygens (including phenoxy) is 1. The Kier molecular flexibility index (Phi) is 4.40. The summed E-state index contributed by atoms with van der Waals surface area (Å²) in [7, 11) is 0. The molecule has 0 unspecified atom stereocenters. The third-order valence-electron chi connectivity index (χ3n) is 4.00.